The fourth-order valence-corrected chi connectivity index (χ4v) is 4.53. The van der Waals surface area contributed by atoms with E-state index in [1.165, 1.54) is 6.07 Å². The highest BCUT2D eigenvalue weighted by molar-refractivity contribution is 7.91. The molecule has 0 atom stereocenters. The molecule has 23 heavy (non-hydrogen) atoms. The summed E-state index contributed by atoms with van der Waals surface area (Å²) in [5, 5.41) is 1.70. The molecule has 7 heteroatoms. The summed E-state index contributed by atoms with van der Waals surface area (Å²) in [5.41, 5.74) is 1.91. The van der Waals surface area contributed by atoms with Crippen molar-refractivity contribution in [1.82, 2.24) is 4.31 Å². The first-order chi connectivity index (χ1) is 10.9. The Morgan fingerprint density at radius 3 is 2.48 bits per heavy atom. The van der Waals surface area contributed by atoms with Gasteiger partial charge in [0.15, 0.2) is 0 Å². The quantitative estimate of drug-likeness (QED) is 0.718. The van der Waals surface area contributed by atoms with Crippen molar-refractivity contribution in [2.24, 2.45) is 0 Å². The number of esters is 1. The van der Waals surface area contributed by atoms with Gasteiger partial charge in [0.05, 0.1) is 6.61 Å². The van der Waals surface area contributed by atoms with Gasteiger partial charge in [-0.3, -0.25) is 4.79 Å². The van der Waals surface area contributed by atoms with Crippen LogP contribution in [-0.2, 0) is 26.1 Å². The molecular formula is C16H19NO4S2. The molecule has 0 aliphatic carbocycles. The number of carbonyl (C=O) groups is 1. The van der Waals surface area contributed by atoms with Crippen molar-refractivity contribution >= 4 is 27.3 Å². The normalized spacial score (nSPS) is 11.6. The molecule has 1 aromatic carbocycles. The molecular weight excluding hydrogens is 334 g/mol. The molecule has 5 nitrogen and oxygen atoms in total. The van der Waals surface area contributed by atoms with Gasteiger partial charge in [0, 0.05) is 6.54 Å². The Bertz CT molecular complexity index is 737. The van der Waals surface area contributed by atoms with Crippen LogP contribution in [-0.4, -0.2) is 31.8 Å². The van der Waals surface area contributed by atoms with Crippen LogP contribution < -0.4 is 0 Å². The van der Waals surface area contributed by atoms with E-state index in [2.05, 4.69) is 0 Å². The molecule has 2 rings (SSSR count). The predicted molar refractivity (Wildman–Crippen MR) is 89.7 cm³/mol. The number of ether oxygens (including phenoxy) is 1. The van der Waals surface area contributed by atoms with Crippen LogP contribution in [0.4, 0.5) is 0 Å². The topological polar surface area (TPSA) is 63.7 Å². The van der Waals surface area contributed by atoms with Gasteiger partial charge in [0.25, 0.3) is 10.0 Å². The van der Waals surface area contributed by atoms with Crippen molar-refractivity contribution in [3.05, 3.63) is 52.9 Å². The standard InChI is InChI=1S/C16H19NO4S2/c1-3-21-15(18)12-17(11-14-8-6-13(2)7-9-14)23(19,20)16-5-4-10-22-16/h4-10H,3,11-12H2,1-2H3. The molecule has 2 aromatic rings. The molecule has 0 amide bonds. The Balaban J connectivity index is 2.28. The lowest BCUT2D eigenvalue weighted by atomic mass is 10.1. The Morgan fingerprint density at radius 2 is 1.91 bits per heavy atom. The van der Waals surface area contributed by atoms with Crippen LogP contribution in [0.5, 0.6) is 0 Å². The van der Waals surface area contributed by atoms with Crippen molar-refractivity contribution < 1.29 is 17.9 Å². The van der Waals surface area contributed by atoms with Crippen LogP contribution >= 0.6 is 11.3 Å². The minimum Gasteiger partial charge on any atom is -0.465 e. The van der Waals surface area contributed by atoms with E-state index in [9.17, 15) is 13.2 Å². The summed E-state index contributed by atoms with van der Waals surface area (Å²) in [4.78, 5) is 11.8. The van der Waals surface area contributed by atoms with E-state index in [1.807, 2.05) is 31.2 Å². The lowest BCUT2D eigenvalue weighted by molar-refractivity contribution is -0.143. The van der Waals surface area contributed by atoms with Gasteiger partial charge in [-0.15, -0.1) is 11.3 Å². The number of thiophene rings is 1. The van der Waals surface area contributed by atoms with Gasteiger partial charge in [0.2, 0.25) is 0 Å². The molecule has 0 N–H and O–H groups in total. The molecule has 0 saturated heterocycles. The summed E-state index contributed by atoms with van der Waals surface area (Å²) in [6.45, 7) is 3.69. The smallest absolute Gasteiger partial charge is 0.321 e. The van der Waals surface area contributed by atoms with Gasteiger partial charge >= 0.3 is 5.97 Å². The first-order valence-corrected chi connectivity index (χ1v) is 9.50. The first-order valence-electron chi connectivity index (χ1n) is 7.18. The second-order valence-corrected chi connectivity index (χ2v) is 8.11. The molecule has 0 fully saturated rings. The van der Waals surface area contributed by atoms with Crippen LogP contribution in [0.25, 0.3) is 0 Å². The van der Waals surface area contributed by atoms with Crippen molar-refractivity contribution in [3.8, 4) is 0 Å². The molecule has 0 saturated carbocycles. The largest absolute Gasteiger partial charge is 0.465 e. The number of hydrogen-bond donors (Lipinski definition) is 0. The summed E-state index contributed by atoms with van der Waals surface area (Å²) in [7, 11) is -3.73. The maximum absolute atomic E-state index is 12.7. The summed E-state index contributed by atoms with van der Waals surface area (Å²) < 4.78 is 31.7. The van der Waals surface area contributed by atoms with Gasteiger partial charge in [0.1, 0.15) is 10.8 Å². The van der Waals surface area contributed by atoms with E-state index in [0.29, 0.717) is 0 Å². The summed E-state index contributed by atoms with van der Waals surface area (Å²) in [6, 6.07) is 10.7. The number of carbonyl (C=O) groups excluding carboxylic acids is 1. The molecule has 0 bridgehead atoms. The SMILES string of the molecule is CCOC(=O)CN(Cc1ccc(C)cc1)S(=O)(=O)c1cccs1. The van der Waals surface area contributed by atoms with Crippen LogP contribution in [0.15, 0.2) is 46.0 Å². The second-order valence-electron chi connectivity index (χ2n) is 5.00. The van der Waals surface area contributed by atoms with Crippen molar-refractivity contribution in [3.63, 3.8) is 0 Å². The average molecular weight is 353 g/mol. The van der Waals surface area contributed by atoms with Gasteiger partial charge < -0.3 is 4.74 Å². The van der Waals surface area contributed by atoms with Gasteiger partial charge in [-0.25, -0.2) is 8.42 Å². The van der Waals surface area contributed by atoms with Gasteiger partial charge in [-0.05, 0) is 30.9 Å². The molecule has 0 radical (unpaired) electrons. The number of aryl methyl sites for hydroxylation is 1. The average Bonchev–Trinajstić information content (AvgIpc) is 3.04. The summed E-state index contributed by atoms with van der Waals surface area (Å²) in [5.74, 6) is -0.556. The van der Waals surface area contributed by atoms with Gasteiger partial charge in [-0.2, -0.15) is 4.31 Å². The molecule has 124 valence electrons. The zero-order chi connectivity index (χ0) is 16.9. The summed E-state index contributed by atoms with van der Waals surface area (Å²) >= 11 is 1.13. The van der Waals surface area contributed by atoms with E-state index < -0.39 is 16.0 Å². The number of rotatable bonds is 7. The third kappa shape index (κ3) is 4.63. The van der Waals surface area contributed by atoms with E-state index >= 15 is 0 Å². The molecule has 0 unspecified atom stereocenters. The molecule has 0 spiro atoms. The second kappa shape index (κ2) is 7.72. The van der Waals surface area contributed by atoms with E-state index in [4.69, 9.17) is 4.74 Å². The minimum atomic E-state index is -3.73. The molecule has 0 aliphatic heterocycles. The number of benzene rings is 1. The highest BCUT2D eigenvalue weighted by atomic mass is 32.2. The fraction of sp³-hybridized carbons (Fsp3) is 0.312. The first kappa shape index (κ1) is 17.7. The number of nitrogens with zero attached hydrogens (tertiary/aromatic N) is 1. The molecule has 1 heterocycles. The van der Waals surface area contributed by atoms with E-state index in [0.717, 1.165) is 26.8 Å². The highest BCUT2D eigenvalue weighted by Gasteiger charge is 2.28. The Labute approximate surface area is 140 Å². The Kier molecular flexibility index (Phi) is 5.92. The number of sulfonamides is 1. The minimum absolute atomic E-state index is 0.124. The summed E-state index contributed by atoms with van der Waals surface area (Å²) in [6.07, 6.45) is 0. The molecule has 0 aliphatic rings. The fourth-order valence-electron chi connectivity index (χ4n) is 2.01. The van der Waals surface area contributed by atoms with Crippen LogP contribution in [0.1, 0.15) is 18.1 Å². The maximum Gasteiger partial charge on any atom is 0.321 e. The Hall–Kier alpha value is -1.70. The van der Waals surface area contributed by atoms with Crippen molar-refractivity contribution in [2.45, 2.75) is 24.6 Å². The van der Waals surface area contributed by atoms with Crippen LogP contribution in [0.3, 0.4) is 0 Å². The highest BCUT2D eigenvalue weighted by Crippen LogP contribution is 2.22. The third-order valence-electron chi connectivity index (χ3n) is 3.18. The third-order valence-corrected chi connectivity index (χ3v) is 6.34. The monoisotopic (exact) mass is 353 g/mol. The van der Waals surface area contributed by atoms with Crippen LogP contribution in [0, 0.1) is 6.92 Å². The zero-order valence-electron chi connectivity index (χ0n) is 13.1. The molecule has 1 aromatic heterocycles. The van der Waals surface area contributed by atoms with Crippen molar-refractivity contribution in [2.75, 3.05) is 13.2 Å². The number of hydrogen-bond acceptors (Lipinski definition) is 5. The lowest BCUT2D eigenvalue weighted by Crippen LogP contribution is -2.35. The lowest BCUT2D eigenvalue weighted by Gasteiger charge is -2.20. The van der Waals surface area contributed by atoms with Crippen molar-refractivity contribution in [1.29, 1.82) is 0 Å². The van der Waals surface area contributed by atoms with E-state index in [1.54, 1.807) is 18.4 Å². The Morgan fingerprint density at radius 1 is 1.22 bits per heavy atom. The van der Waals surface area contributed by atoms with Crippen LogP contribution in [0.2, 0.25) is 0 Å². The van der Waals surface area contributed by atoms with E-state index in [-0.39, 0.29) is 23.9 Å². The zero-order valence-corrected chi connectivity index (χ0v) is 14.7. The van der Waals surface area contributed by atoms with Gasteiger partial charge in [-0.1, -0.05) is 35.9 Å². The predicted octanol–water partition coefficient (Wildman–Crippen LogP) is 2.81. The maximum atomic E-state index is 12.7.